The zero-order chi connectivity index (χ0) is 16.3. The molecule has 1 fully saturated rings. The van der Waals surface area contributed by atoms with Crippen LogP contribution in [0.25, 0.3) is 0 Å². The maximum atomic E-state index is 12.2. The minimum Gasteiger partial charge on any atom is -0.398 e. The predicted octanol–water partition coefficient (Wildman–Crippen LogP) is -0.356. The van der Waals surface area contributed by atoms with Crippen molar-refractivity contribution in [3.63, 3.8) is 0 Å². The molecule has 2 rings (SSSR count). The first-order valence-electron chi connectivity index (χ1n) is 6.95. The molecular formula is C14H19N3O4S. The fraction of sp³-hybridized carbons (Fsp3) is 0.429. The van der Waals surface area contributed by atoms with E-state index in [9.17, 15) is 18.0 Å². The number of para-hydroxylation sites is 1. The first-order valence-corrected chi connectivity index (χ1v) is 8.77. The zero-order valence-electron chi connectivity index (χ0n) is 12.3. The Morgan fingerprint density at radius 2 is 1.82 bits per heavy atom. The van der Waals surface area contributed by atoms with Crippen LogP contribution in [-0.4, -0.2) is 55.8 Å². The molecule has 1 saturated heterocycles. The Labute approximate surface area is 129 Å². The molecule has 1 unspecified atom stereocenters. The fourth-order valence-corrected chi connectivity index (χ4v) is 3.45. The van der Waals surface area contributed by atoms with E-state index in [-0.39, 0.29) is 30.5 Å². The van der Waals surface area contributed by atoms with Gasteiger partial charge in [-0.1, -0.05) is 12.1 Å². The molecule has 1 aromatic rings. The Bertz CT molecular complexity index is 673. The van der Waals surface area contributed by atoms with Crippen molar-refractivity contribution in [3.05, 3.63) is 29.8 Å². The lowest BCUT2D eigenvalue weighted by atomic mass is 10.1. The van der Waals surface area contributed by atoms with E-state index in [1.807, 2.05) is 0 Å². The van der Waals surface area contributed by atoms with Crippen LogP contribution in [0.1, 0.15) is 17.3 Å². The quantitative estimate of drug-likeness (QED) is 0.738. The van der Waals surface area contributed by atoms with Crippen LogP contribution in [0.5, 0.6) is 0 Å². The second-order valence-corrected chi connectivity index (χ2v) is 7.56. The van der Waals surface area contributed by atoms with Crippen LogP contribution in [0.4, 0.5) is 5.69 Å². The number of anilines is 1. The number of benzene rings is 1. The van der Waals surface area contributed by atoms with E-state index in [0.29, 0.717) is 11.3 Å². The highest BCUT2D eigenvalue weighted by atomic mass is 32.2. The van der Waals surface area contributed by atoms with E-state index in [2.05, 4.69) is 5.32 Å². The van der Waals surface area contributed by atoms with Crippen molar-refractivity contribution < 1.29 is 18.0 Å². The summed E-state index contributed by atoms with van der Waals surface area (Å²) in [5.41, 5.74) is 6.37. The van der Waals surface area contributed by atoms with Crippen LogP contribution in [0, 0.1) is 0 Å². The molecule has 22 heavy (non-hydrogen) atoms. The monoisotopic (exact) mass is 325 g/mol. The maximum Gasteiger partial charge on any atom is 0.254 e. The molecule has 0 aromatic heterocycles. The normalized spacial score (nSPS) is 18.5. The first kappa shape index (κ1) is 16.3. The molecular weight excluding hydrogens is 306 g/mol. The Kier molecular flexibility index (Phi) is 4.70. The number of nitrogen functional groups attached to an aromatic ring is 1. The second-order valence-electron chi connectivity index (χ2n) is 5.26. The Balaban J connectivity index is 1.97. The van der Waals surface area contributed by atoms with Gasteiger partial charge >= 0.3 is 0 Å². The third-order valence-electron chi connectivity index (χ3n) is 3.58. The number of hydrogen-bond acceptors (Lipinski definition) is 5. The van der Waals surface area contributed by atoms with Crippen molar-refractivity contribution >= 4 is 27.3 Å². The molecule has 0 saturated carbocycles. The van der Waals surface area contributed by atoms with Crippen LogP contribution in [-0.2, 0) is 14.6 Å². The molecule has 1 heterocycles. The molecule has 0 radical (unpaired) electrons. The molecule has 0 aliphatic carbocycles. The van der Waals surface area contributed by atoms with Gasteiger partial charge in [-0.25, -0.2) is 8.42 Å². The number of sulfone groups is 1. The van der Waals surface area contributed by atoms with Crippen molar-refractivity contribution in [1.29, 1.82) is 0 Å². The van der Waals surface area contributed by atoms with Crippen molar-refractivity contribution in [3.8, 4) is 0 Å². The van der Waals surface area contributed by atoms with Crippen LogP contribution in [0.3, 0.4) is 0 Å². The lowest BCUT2D eigenvalue weighted by Gasteiger charge is -2.29. The van der Waals surface area contributed by atoms with Gasteiger partial charge in [0.25, 0.3) is 5.91 Å². The number of nitrogens with one attached hydrogen (secondary N) is 1. The highest BCUT2D eigenvalue weighted by Crippen LogP contribution is 2.11. The molecule has 3 N–H and O–H groups in total. The first-order chi connectivity index (χ1) is 10.3. The van der Waals surface area contributed by atoms with E-state index in [1.54, 1.807) is 31.2 Å². The fourth-order valence-electron chi connectivity index (χ4n) is 2.25. The van der Waals surface area contributed by atoms with Crippen molar-refractivity contribution in [2.45, 2.75) is 13.0 Å². The van der Waals surface area contributed by atoms with E-state index in [1.165, 1.54) is 4.90 Å². The van der Waals surface area contributed by atoms with Crippen LogP contribution >= 0.6 is 0 Å². The largest absolute Gasteiger partial charge is 0.398 e. The third kappa shape index (κ3) is 3.76. The number of hydrogen-bond donors (Lipinski definition) is 2. The van der Waals surface area contributed by atoms with E-state index in [4.69, 9.17) is 5.73 Å². The van der Waals surface area contributed by atoms with Crippen molar-refractivity contribution in [2.75, 3.05) is 30.3 Å². The number of amides is 2. The SMILES string of the molecule is CC(NC(=O)c1ccccc1N)C(=O)N1CCS(=O)(=O)CC1. The summed E-state index contributed by atoms with van der Waals surface area (Å²) in [6, 6.07) is 5.85. The molecule has 0 bridgehead atoms. The number of nitrogens with two attached hydrogens (primary N) is 1. The minimum atomic E-state index is -3.04. The number of carbonyl (C=O) groups is 2. The average molecular weight is 325 g/mol. The molecule has 120 valence electrons. The predicted molar refractivity (Wildman–Crippen MR) is 83.0 cm³/mol. The van der Waals surface area contributed by atoms with E-state index < -0.39 is 21.8 Å². The van der Waals surface area contributed by atoms with E-state index in [0.717, 1.165) is 0 Å². The molecule has 2 amide bonds. The summed E-state index contributed by atoms with van der Waals surface area (Å²) >= 11 is 0. The lowest BCUT2D eigenvalue weighted by molar-refractivity contribution is -0.132. The van der Waals surface area contributed by atoms with Crippen molar-refractivity contribution in [2.24, 2.45) is 0 Å². The van der Waals surface area contributed by atoms with Gasteiger partial charge in [0, 0.05) is 18.8 Å². The molecule has 8 heteroatoms. The molecule has 7 nitrogen and oxygen atoms in total. The van der Waals surface area contributed by atoms with Crippen LogP contribution in [0.15, 0.2) is 24.3 Å². The molecule has 1 aliphatic rings. The van der Waals surface area contributed by atoms with Crippen LogP contribution < -0.4 is 11.1 Å². The summed E-state index contributed by atoms with van der Waals surface area (Å²) < 4.78 is 22.7. The number of carbonyl (C=O) groups excluding carboxylic acids is 2. The van der Waals surface area contributed by atoms with Gasteiger partial charge < -0.3 is 16.0 Å². The molecule has 1 aromatic carbocycles. The van der Waals surface area contributed by atoms with Gasteiger partial charge in [0.2, 0.25) is 5.91 Å². The Morgan fingerprint density at radius 3 is 2.41 bits per heavy atom. The van der Waals surface area contributed by atoms with E-state index >= 15 is 0 Å². The summed E-state index contributed by atoms with van der Waals surface area (Å²) in [4.78, 5) is 25.8. The summed E-state index contributed by atoms with van der Waals surface area (Å²) in [6.07, 6.45) is 0. The Morgan fingerprint density at radius 1 is 1.23 bits per heavy atom. The third-order valence-corrected chi connectivity index (χ3v) is 5.19. The minimum absolute atomic E-state index is 0.0367. The lowest BCUT2D eigenvalue weighted by Crippen LogP contribution is -2.51. The van der Waals surface area contributed by atoms with Gasteiger partial charge in [-0.2, -0.15) is 0 Å². The second kappa shape index (κ2) is 6.35. The Hall–Kier alpha value is -2.09. The van der Waals surface area contributed by atoms with Gasteiger partial charge in [0.05, 0.1) is 17.1 Å². The van der Waals surface area contributed by atoms with Gasteiger partial charge in [0.15, 0.2) is 9.84 Å². The topological polar surface area (TPSA) is 110 Å². The summed E-state index contributed by atoms with van der Waals surface area (Å²) in [5, 5.41) is 2.60. The highest BCUT2D eigenvalue weighted by molar-refractivity contribution is 7.91. The van der Waals surface area contributed by atoms with Gasteiger partial charge in [0.1, 0.15) is 6.04 Å². The number of nitrogens with zero attached hydrogens (tertiary/aromatic N) is 1. The van der Waals surface area contributed by atoms with Gasteiger partial charge in [-0.05, 0) is 19.1 Å². The molecule has 1 atom stereocenters. The standard InChI is InChI=1S/C14H19N3O4S/c1-10(14(19)17-6-8-22(20,21)9-7-17)16-13(18)11-4-2-3-5-12(11)15/h2-5,10H,6-9,15H2,1H3,(H,16,18). The van der Waals surface area contributed by atoms with Crippen LogP contribution in [0.2, 0.25) is 0 Å². The highest BCUT2D eigenvalue weighted by Gasteiger charge is 2.28. The molecule has 0 spiro atoms. The molecule has 1 aliphatic heterocycles. The summed E-state index contributed by atoms with van der Waals surface area (Å²) in [6.45, 7) is 1.90. The number of rotatable bonds is 3. The van der Waals surface area contributed by atoms with Gasteiger partial charge in [-0.3, -0.25) is 9.59 Å². The average Bonchev–Trinajstić information content (AvgIpc) is 2.46. The van der Waals surface area contributed by atoms with Gasteiger partial charge in [-0.15, -0.1) is 0 Å². The smallest absolute Gasteiger partial charge is 0.254 e. The summed E-state index contributed by atoms with van der Waals surface area (Å²) in [7, 11) is -3.04. The van der Waals surface area contributed by atoms with Crippen molar-refractivity contribution in [1.82, 2.24) is 10.2 Å². The zero-order valence-corrected chi connectivity index (χ0v) is 13.1. The maximum absolute atomic E-state index is 12.2. The summed E-state index contributed by atoms with van der Waals surface area (Å²) in [5.74, 6) is -0.794.